The minimum atomic E-state index is -1.05. The van der Waals surface area contributed by atoms with Crippen LogP contribution < -0.4 is 5.32 Å². The van der Waals surface area contributed by atoms with Crippen LogP contribution >= 0.6 is 0 Å². The normalized spacial score (nSPS) is 9.96. The summed E-state index contributed by atoms with van der Waals surface area (Å²) >= 11 is 0. The quantitative estimate of drug-likeness (QED) is 0.711. The molecule has 0 saturated heterocycles. The number of carbonyl (C=O) groups is 2. The zero-order valence-electron chi connectivity index (χ0n) is 17.0. The maximum absolute atomic E-state index is 13.6. The van der Waals surface area contributed by atoms with Crippen molar-refractivity contribution < 1.29 is 24.5 Å². The fraction of sp³-hybridized carbons (Fsp3) is 0.364. The number of esters is 1. The van der Waals surface area contributed by atoms with Gasteiger partial charge in [0.25, 0.3) is 5.91 Å². The van der Waals surface area contributed by atoms with Gasteiger partial charge in [-0.1, -0.05) is 26.0 Å². The minimum Gasteiger partial charge on any atom is -0.466 e. The molecule has 6 heteroatoms. The molecule has 0 aliphatic heterocycles. The summed E-state index contributed by atoms with van der Waals surface area (Å²) in [4.78, 5) is 24.1. The number of aryl methyl sites for hydroxylation is 1. The van der Waals surface area contributed by atoms with Crippen molar-refractivity contribution in [3.05, 3.63) is 69.8 Å². The molecule has 0 saturated carbocycles. The standard InChI is InChI=1S/C20H21F2NO3.C2H6.H2/c1-4-26-19(24)10-14-8-17(21)18(22)9-15(14)11-23-20(25)16-7-5-6-12(2)13(16)3;1-2;/h5-9H,4,10-11H2,1-3H3,(H,23,25);1-2H3;1H. The molecule has 2 aromatic rings. The van der Waals surface area contributed by atoms with Gasteiger partial charge in [0, 0.05) is 13.5 Å². The molecule has 0 aliphatic rings. The molecule has 1 N–H and O–H groups in total. The van der Waals surface area contributed by atoms with Gasteiger partial charge in [-0.05, 0) is 61.2 Å². The van der Waals surface area contributed by atoms with Crippen LogP contribution in [0.2, 0.25) is 0 Å². The number of hydrogen-bond donors (Lipinski definition) is 1. The van der Waals surface area contributed by atoms with E-state index in [1.54, 1.807) is 19.1 Å². The van der Waals surface area contributed by atoms with Crippen LogP contribution in [0.3, 0.4) is 0 Å². The van der Waals surface area contributed by atoms with E-state index in [2.05, 4.69) is 5.32 Å². The highest BCUT2D eigenvalue weighted by atomic mass is 19.2. The van der Waals surface area contributed by atoms with Crippen molar-refractivity contribution in [3.63, 3.8) is 0 Å². The molecule has 0 spiro atoms. The highest BCUT2D eigenvalue weighted by molar-refractivity contribution is 5.95. The van der Waals surface area contributed by atoms with E-state index in [-0.39, 0.29) is 32.5 Å². The Morgan fingerprint density at radius 3 is 2.29 bits per heavy atom. The Kier molecular flexibility index (Phi) is 9.28. The second kappa shape index (κ2) is 11.2. The molecule has 28 heavy (non-hydrogen) atoms. The number of ether oxygens (including phenoxy) is 1. The third-order valence-corrected chi connectivity index (χ3v) is 4.17. The third kappa shape index (κ3) is 6.15. The van der Waals surface area contributed by atoms with Crippen molar-refractivity contribution in [2.75, 3.05) is 6.61 Å². The molecule has 0 unspecified atom stereocenters. The van der Waals surface area contributed by atoms with Gasteiger partial charge in [0.2, 0.25) is 0 Å². The molecule has 0 heterocycles. The zero-order chi connectivity index (χ0) is 21.3. The van der Waals surface area contributed by atoms with E-state index in [4.69, 9.17) is 4.74 Å². The van der Waals surface area contributed by atoms with Crippen molar-refractivity contribution in [2.24, 2.45) is 0 Å². The first-order chi connectivity index (χ1) is 13.3. The van der Waals surface area contributed by atoms with Gasteiger partial charge in [-0.15, -0.1) is 0 Å². The first kappa shape index (κ1) is 23.3. The molecule has 4 nitrogen and oxygen atoms in total. The molecular formula is C22H29F2NO3. The van der Waals surface area contributed by atoms with E-state index in [1.165, 1.54) is 0 Å². The topological polar surface area (TPSA) is 55.4 Å². The number of benzene rings is 2. The first-order valence-electron chi connectivity index (χ1n) is 9.30. The molecule has 2 aromatic carbocycles. The first-order valence-corrected chi connectivity index (χ1v) is 9.30. The average Bonchev–Trinajstić information content (AvgIpc) is 2.67. The van der Waals surface area contributed by atoms with Gasteiger partial charge in [0.15, 0.2) is 11.6 Å². The molecule has 0 atom stereocenters. The van der Waals surface area contributed by atoms with Crippen molar-refractivity contribution in [1.29, 1.82) is 0 Å². The molecule has 0 radical (unpaired) electrons. The Morgan fingerprint density at radius 1 is 1.07 bits per heavy atom. The smallest absolute Gasteiger partial charge is 0.310 e. The lowest BCUT2D eigenvalue weighted by Crippen LogP contribution is -2.25. The third-order valence-electron chi connectivity index (χ3n) is 4.17. The van der Waals surface area contributed by atoms with Gasteiger partial charge in [-0.3, -0.25) is 9.59 Å². The van der Waals surface area contributed by atoms with Gasteiger partial charge in [0.05, 0.1) is 13.0 Å². The molecule has 0 aromatic heterocycles. The van der Waals surface area contributed by atoms with E-state index in [0.717, 1.165) is 23.3 Å². The van der Waals surface area contributed by atoms with E-state index in [0.29, 0.717) is 11.1 Å². The Balaban J connectivity index is 0.00000253. The van der Waals surface area contributed by atoms with Crippen LogP contribution in [-0.4, -0.2) is 18.5 Å². The van der Waals surface area contributed by atoms with Gasteiger partial charge < -0.3 is 10.1 Å². The average molecular weight is 393 g/mol. The number of halogens is 2. The summed E-state index contributed by atoms with van der Waals surface area (Å²) in [6.07, 6.45) is -0.195. The largest absolute Gasteiger partial charge is 0.466 e. The van der Waals surface area contributed by atoms with Crippen molar-refractivity contribution in [3.8, 4) is 0 Å². The van der Waals surface area contributed by atoms with Crippen molar-refractivity contribution >= 4 is 11.9 Å². The van der Waals surface area contributed by atoms with E-state index in [1.807, 2.05) is 33.8 Å². The van der Waals surface area contributed by atoms with Crippen molar-refractivity contribution in [2.45, 2.75) is 47.6 Å². The molecule has 1 amide bonds. The summed E-state index contributed by atoms with van der Waals surface area (Å²) in [5.74, 6) is -2.94. The maximum Gasteiger partial charge on any atom is 0.310 e. The summed E-state index contributed by atoms with van der Waals surface area (Å²) in [5.41, 5.74) is 2.95. The predicted octanol–water partition coefficient (Wildman–Crippen LogP) is 4.89. The second-order valence-electron chi connectivity index (χ2n) is 5.95. The molecule has 2 rings (SSSR count). The van der Waals surface area contributed by atoms with Crippen LogP contribution in [0.4, 0.5) is 8.78 Å². The van der Waals surface area contributed by atoms with E-state index < -0.39 is 17.6 Å². The fourth-order valence-corrected chi connectivity index (χ4v) is 2.59. The lowest BCUT2D eigenvalue weighted by Gasteiger charge is -2.13. The lowest BCUT2D eigenvalue weighted by atomic mass is 10.0. The summed E-state index contributed by atoms with van der Waals surface area (Å²) in [7, 11) is 0. The molecule has 0 fully saturated rings. The Labute approximate surface area is 166 Å². The summed E-state index contributed by atoms with van der Waals surface area (Å²) in [6, 6.07) is 7.33. The summed E-state index contributed by atoms with van der Waals surface area (Å²) < 4.78 is 32.0. The van der Waals surface area contributed by atoms with Crippen LogP contribution in [0.1, 0.15) is 54.8 Å². The fourth-order valence-electron chi connectivity index (χ4n) is 2.59. The van der Waals surface area contributed by atoms with Gasteiger partial charge in [0.1, 0.15) is 0 Å². The molecule has 0 aliphatic carbocycles. The number of nitrogens with one attached hydrogen (secondary N) is 1. The molecular weight excluding hydrogens is 364 g/mol. The van der Waals surface area contributed by atoms with Crippen LogP contribution in [0.15, 0.2) is 30.3 Å². The monoisotopic (exact) mass is 393 g/mol. The minimum absolute atomic E-state index is 0. The highest BCUT2D eigenvalue weighted by Crippen LogP contribution is 2.17. The number of hydrogen-bond acceptors (Lipinski definition) is 3. The molecule has 0 bridgehead atoms. The van der Waals surface area contributed by atoms with Crippen LogP contribution in [0.5, 0.6) is 0 Å². The van der Waals surface area contributed by atoms with Gasteiger partial charge >= 0.3 is 5.97 Å². The molecule has 154 valence electrons. The zero-order valence-corrected chi connectivity index (χ0v) is 17.0. The van der Waals surface area contributed by atoms with Crippen LogP contribution in [0.25, 0.3) is 0 Å². The number of amides is 1. The van der Waals surface area contributed by atoms with Gasteiger partial charge in [-0.2, -0.15) is 0 Å². The SMILES string of the molecule is CC.CCOC(=O)Cc1cc(F)c(F)cc1CNC(=O)c1cccc(C)c1C.[HH]. The number of rotatable bonds is 6. The van der Waals surface area contributed by atoms with Crippen LogP contribution in [-0.2, 0) is 22.5 Å². The van der Waals surface area contributed by atoms with Gasteiger partial charge in [-0.25, -0.2) is 8.78 Å². The number of carbonyl (C=O) groups excluding carboxylic acids is 2. The Bertz CT molecular complexity index is 841. The van der Waals surface area contributed by atoms with E-state index >= 15 is 0 Å². The van der Waals surface area contributed by atoms with Crippen molar-refractivity contribution in [1.82, 2.24) is 5.32 Å². The maximum atomic E-state index is 13.6. The summed E-state index contributed by atoms with van der Waals surface area (Å²) in [5, 5.41) is 2.70. The predicted molar refractivity (Wildman–Crippen MR) is 107 cm³/mol. The Morgan fingerprint density at radius 2 is 1.68 bits per heavy atom. The second-order valence-corrected chi connectivity index (χ2v) is 5.95. The Hall–Kier alpha value is -2.76. The van der Waals surface area contributed by atoms with E-state index in [9.17, 15) is 18.4 Å². The van der Waals surface area contributed by atoms with Crippen LogP contribution in [0, 0.1) is 25.5 Å². The highest BCUT2D eigenvalue weighted by Gasteiger charge is 2.16. The summed E-state index contributed by atoms with van der Waals surface area (Å²) in [6.45, 7) is 9.57. The lowest BCUT2D eigenvalue weighted by molar-refractivity contribution is -0.142.